The van der Waals surface area contributed by atoms with Crippen LogP contribution in [-0.4, -0.2) is 50.2 Å². The van der Waals surface area contributed by atoms with E-state index in [1.807, 2.05) is 18.2 Å². The Bertz CT molecular complexity index is 888. The van der Waals surface area contributed by atoms with Crippen LogP contribution in [-0.2, 0) is 11.2 Å². The minimum atomic E-state index is -0.470. The first-order chi connectivity index (χ1) is 14.5. The molecule has 8 heteroatoms. The lowest BCUT2D eigenvalue weighted by molar-refractivity contribution is -0.124. The SMILES string of the molecule is COc1ccc(CCNC(=O)[C@H]2CCCN2C(=O)Nc2ccc(Cl)cc2)cc1OC. The molecule has 0 saturated carbocycles. The lowest BCUT2D eigenvalue weighted by Crippen LogP contribution is -2.47. The molecular weight excluding hydrogens is 406 g/mol. The molecule has 2 aromatic carbocycles. The monoisotopic (exact) mass is 431 g/mol. The highest BCUT2D eigenvalue weighted by molar-refractivity contribution is 6.30. The second-order valence-corrected chi connectivity index (χ2v) is 7.46. The fourth-order valence-electron chi connectivity index (χ4n) is 3.49. The summed E-state index contributed by atoms with van der Waals surface area (Å²) in [6.45, 7) is 1.02. The number of carbonyl (C=O) groups excluding carboxylic acids is 2. The van der Waals surface area contributed by atoms with Crippen molar-refractivity contribution in [3.8, 4) is 11.5 Å². The van der Waals surface area contributed by atoms with Crippen molar-refractivity contribution in [1.82, 2.24) is 10.2 Å². The summed E-state index contributed by atoms with van der Waals surface area (Å²) >= 11 is 5.88. The lowest BCUT2D eigenvalue weighted by Gasteiger charge is -2.24. The Labute approximate surface area is 181 Å². The van der Waals surface area contributed by atoms with Gasteiger partial charge >= 0.3 is 6.03 Å². The molecule has 0 bridgehead atoms. The average molecular weight is 432 g/mol. The number of hydrogen-bond donors (Lipinski definition) is 2. The zero-order chi connectivity index (χ0) is 21.5. The highest BCUT2D eigenvalue weighted by Gasteiger charge is 2.33. The second-order valence-electron chi connectivity index (χ2n) is 7.02. The summed E-state index contributed by atoms with van der Waals surface area (Å²) in [4.78, 5) is 26.9. The fourth-order valence-corrected chi connectivity index (χ4v) is 3.62. The van der Waals surface area contributed by atoms with Crippen LogP contribution < -0.4 is 20.1 Å². The Balaban J connectivity index is 1.53. The zero-order valence-corrected chi connectivity index (χ0v) is 17.9. The first kappa shape index (κ1) is 21.8. The summed E-state index contributed by atoms with van der Waals surface area (Å²) in [5.41, 5.74) is 1.67. The molecule has 3 rings (SSSR count). The van der Waals surface area contributed by atoms with Crippen molar-refractivity contribution >= 4 is 29.2 Å². The molecule has 1 heterocycles. The number of anilines is 1. The van der Waals surface area contributed by atoms with E-state index in [9.17, 15) is 9.59 Å². The van der Waals surface area contributed by atoms with Gasteiger partial charge in [-0.15, -0.1) is 0 Å². The molecule has 2 aromatic rings. The van der Waals surface area contributed by atoms with E-state index in [1.165, 1.54) is 0 Å². The van der Waals surface area contributed by atoms with Gasteiger partial charge in [0.25, 0.3) is 0 Å². The predicted molar refractivity (Wildman–Crippen MR) is 116 cm³/mol. The molecule has 0 aromatic heterocycles. The third-order valence-electron chi connectivity index (χ3n) is 5.07. The second kappa shape index (κ2) is 10.2. The van der Waals surface area contributed by atoms with Gasteiger partial charge in [-0.3, -0.25) is 4.79 Å². The molecule has 1 saturated heterocycles. The Morgan fingerprint density at radius 1 is 1.10 bits per heavy atom. The number of halogens is 1. The first-order valence-corrected chi connectivity index (χ1v) is 10.2. The summed E-state index contributed by atoms with van der Waals surface area (Å²) in [5, 5.41) is 6.37. The van der Waals surface area contributed by atoms with E-state index in [4.69, 9.17) is 21.1 Å². The van der Waals surface area contributed by atoms with Gasteiger partial charge in [-0.25, -0.2) is 4.79 Å². The van der Waals surface area contributed by atoms with E-state index in [0.29, 0.717) is 48.1 Å². The third-order valence-corrected chi connectivity index (χ3v) is 5.32. The van der Waals surface area contributed by atoms with Gasteiger partial charge in [-0.2, -0.15) is 0 Å². The number of hydrogen-bond acceptors (Lipinski definition) is 4. The first-order valence-electron chi connectivity index (χ1n) is 9.83. The molecule has 1 atom stereocenters. The van der Waals surface area contributed by atoms with E-state index >= 15 is 0 Å². The normalized spacial score (nSPS) is 15.6. The number of ether oxygens (including phenoxy) is 2. The van der Waals surface area contributed by atoms with Crippen molar-refractivity contribution in [2.24, 2.45) is 0 Å². The molecule has 7 nitrogen and oxygen atoms in total. The van der Waals surface area contributed by atoms with Crippen molar-refractivity contribution in [2.45, 2.75) is 25.3 Å². The van der Waals surface area contributed by atoms with Gasteiger partial charge in [0.2, 0.25) is 5.91 Å². The van der Waals surface area contributed by atoms with Crippen LogP contribution >= 0.6 is 11.6 Å². The molecule has 0 aliphatic carbocycles. The van der Waals surface area contributed by atoms with E-state index in [1.54, 1.807) is 43.4 Å². The van der Waals surface area contributed by atoms with Crippen LogP contribution in [0.15, 0.2) is 42.5 Å². The van der Waals surface area contributed by atoms with Crippen LogP contribution in [0, 0.1) is 0 Å². The van der Waals surface area contributed by atoms with E-state index < -0.39 is 6.04 Å². The molecule has 0 spiro atoms. The number of urea groups is 1. The number of amides is 3. The number of methoxy groups -OCH3 is 2. The molecular formula is C22H26ClN3O4. The molecule has 1 fully saturated rings. The Kier molecular flexibility index (Phi) is 7.41. The molecule has 1 aliphatic rings. The molecule has 1 aliphatic heterocycles. The standard InChI is InChI=1S/C22H26ClN3O4/c1-29-19-10-5-15(14-20(19)30-2)11-12-24-21(27)18-4-3-13-26(18)22(28)25-17-8-6-16(23)7-9-17/h5-10,14,18H,3-4,11-13H2,1-2H3,(H,24,27)(H,25,28)/t18-/m1/s1. The Morgan fingerprint density at radius 2 is 1.83 bits per heavy atom. The molecule has 3 amide bonds. The summed E-state index contributed by atoms with van der Waals surface area (Å²) in [5.74, 6) is 1.18. The Hall–Kier alpha value is -2.93. The number of nitrogens with one attached hydrogen (secondary N) is 2. The van der Waals surface area contributed by atoms with Crippen molar-refractivity contribution in [3.63, 3.8) is 0 Å². The molecule has 160 valence electrons. The quantitative estimate of drug-likeness (QED) is 0.700. The largest absolute Gasteiger partial charge is 0.493 e. The zero-order valence-electron chi connectivity index (χ0n) is 17.1. The van der Waals surface area contributed by atoms with Crippen LogP contribution in [0.4, 0.5) is 10.5 Å². The van der Waals surface area contributed by atoms with Crippen molar-refractivity contribution in [2.75, 3.05) is 32.6 Å². The van der Waals surface area contributed by atoms with Crippen LogP contribution in [0.25, 0.3) is 0 Å². The molecule has 30 heavy (non-hydrogen) atoms. The summed E-state index contributed by atoms with van der Waals surface area (Å²) < 4.78 is 10.5. The smallest absolute Gasteiger partial charge is 0.322 e. The maximum absolute atomic E-state index is 12.7. The van der Waals surface area contributed by atoms with Gasteiger partial charge < -0.3 is 25.0 Å². The minimum absolute atomic E-state index is 0.140. The Morgan fingerprint density at radius 3 is 2.53 bits per heavy atom. The third kappa shape index (κ3) is 5.36. The fraction of sp³-hybridized carbons (Fsp3) is 0.364. The molecule has 2 N–H and O–H groups in total. The molecule has 0 radical (unpaired) electrons. The molecule has 0 unspecified atom stereocenters. The number of likely N-dealkylation sites (tertiary alicyclic amines) is 1. The van der Waals surface area contributed by atoms with Crippen LogP contribution in [0.3, 0.4) is 0 Å². The lowest BCUT2D eigenvalue weighted by atomic mass is 10.1. The minimum Gasteiger partial charge on any atom is -0.493 e. The number of rotatable bonds is 7. The van der Waals surface area contributed by atoms with Gasteiger partial charge in [0.1, 0.15) is 6.04 Å². The summed E-state index contributed by atoms with van der Waals surface area (Å²) in [6, 6.07) is 11.8. The van der Waals surface area contributed by atoms with Crippen molar-refractivity contribution in [1.29, 1.82) is 0 Å². The highest BCUT2D eigenvalue weighted by atomic mass is 35.5. The summed E-state index contributed by atoms with van der Waals surface area (Å²) in [7, 11) is 3.18. The van der Waals surface area contributed by atoms with Gasteiger partial charge in [-0.1, -0.05) is 17.7 Å². The van der Waals surface area contributed by atoms with Gasteiger partial charge in [0.15, 0.2) is 11.5 Å². The highest BCUT2D eigenvalue weighted by Crippen LogP contribution is 2.27. The summed E-state index contributed by atoms with van der Waals surface area (Å²) in [6.07, 6.45) is 2.09. The van der Waals surface area contributed by atoms with Crippen molar-refractivity contribution in [3.05, 3.63) is 53.1 Å². The van der Waals surface area contributed by atoms with Crippen LogP contribution in [0.5, 0.6) is 11.5 Å². The predicted octanol–water partition coefficient (Wildman–Crippen LogP) is 3.71. The number of nitrogens with zero attached hydrogens (tertiary/aromatic N) is 1. The van der Waals surface area contributed by atoms with E-state index in [0.717, 1.165) is 12.0 Å². The number of carbonyl (C=O) groups is 2. The van der Waals surface area contributed by atoms with Crippen LogP contribution in [0.2, 0.25) is 5.02 Å². The van der Waals surface area contributed by atoms with E-state index in [2.05, 4.69) is 10.6 Å². The maximum Gasteiger partial charge on any atom is 0.322 e. The number of benzene rings is 2. The van der Waals surface area contributed by atoms with Gasteiger partial charge in [0, 0.05) is 23.8 Å². The topological polar surface area (TPSA) is 79.9 Å². The maximum atomic E-state index is 12.7. The van der Waals surface area contributed by atoms with Gasteiger partial charge in [-0.05, 0) is 61.2 Å². The van der Waals surface area contributed by atoms with Crippen molar-refractivity contribution < 1.29 is 19.1 Å². The van der Waals surface area contributed by atoms with Crippen LogP contribution in [0.1, 0.15) is 18.4 Å². The van der Waals surface area contributed by atoms with Gasteiger partial charge in [0.05, 0.1) is 14.2 Å². The van der Waals surface area contributed by atoms with E-state index in [-0.39, 0.29) is 11.9 Å². The average Bonchev–Trinajstić information content (AvgIpc) is 3.25.